The first-order valence-corrected chi connectivity index (χ1v) is 9.45. The molecule has 0 radical (unpaired) electrons. The van der Waals surface area contributed by atoms with E-state index in [1.807, 2.05) is 11.4 Å². The molecule has 0 aromatic carbocycles. The van der Waals surface area contributed by atoms with Crippen LogP contribution in [0.1, 0.15) is 18.4 Å². The average molecular weight is 338 g/mol. The SMILES string of the molecule is O=C(Cc1ccsc1)N(CCN1CCOCC1)C1CCOCC1. The Hall–Kier alpha value is -0.950. The maximum absolute atomic E-state index is 12.8. The molecule has 23 heavy (non-hydrogen) atoms. The lowest BCUT2D eigenvalue weighted by Crippen LogP contribution is -2.48. The van der Waals surface area contributed by atoms with Crippen molar-refractivity contribution >= 4 is 17.2 Å². The third kappa shape index (κ3) is 5.01. The van der Waals surface area contributed by atoms with Crippen molar-refractivity contribution in [2.45, 2.75) is 25.3 Å². The van der Waals surface area contributed by atoms with Gasteiger partial charge in [-0.3, -0.25) is 9.69 Å². The fourth-order valence-electron chi connectivity index (χ4n) is 3.25. The molecular weight excluding hydrogens is 312 g/mol. The number of hydrogen-bond donors (Lipinski definition) is 0. The van der Waals surface area contributed by atoms with Gasteiger partial charge in [0.15, 0.2) is 0 Å². The highest BCUT2D eigenvalue weighted by molar-refractivity contribution is 7.07. The first-order chi connectivity index (χ1) is 11.3. The van der Waals surface area contributed by atoms with E-state index in [9.17, 15) is 4.79 Å². The summed E-state index contributed by atoms with van der Waals surface area (Å²) in [7, 11) is 0. The van der Waals surface area contributed by atoms with Crippen molar-refractivity contribution in [2.24, 2.45) is 0 Å². The number of carbonyl (C=O) groups excluding carboxylic acids is 1. The van der Waals surface area contributed by atoms with Gasteiger partial charge in [0, 0.05) is 45.4 Å². The highest BCUT2D eigenvalue weighted by Crippen LogP contribution is 2.17. The molecule has 0 unspecified atom stereocenters. The van der Waals surface area contributed by atoms with Crippen LogP contribution in [0.3, 0.4) is 0 Å². The lowest BCUT2D eigenvalue weighted by atomic mass is 10.1. The van der Waals surface area contributed by atoms with Gasteiger partial charge >= 0.3 is 0 Å². The van der Waals surface area contributed by atoms with Crippen molar-refractivity contribution in [1.82, 2.24) is 9.80 Å². The zero-order chi connectivity index (χ0) is 15.9. The predicted octanol–water partition coefficient (Wildman–Crippen LogP) is 1.63. The summed E-state index contributed by atoms with van der Waals surface area (Å²) in [5.74, 6) is 0.253. The Labute approximate surface area is 142 Å². The van der Waals surface area contributed by atoms with Gasteiger partial charge in [-0.25, -0.2) is 0 Å². The maximum atomic E-state index is 12.8. The molecule has 3 rings (SSSR count). The average Bonchev–Trinajstić information content (AvgIpc) is 3.10. The van der Waals surface area contributed by atoms with E-state index < -0.39 is 0 Å². The summed E-state index contributed by atoms with van der Waals surface area (Å²) in [5, 5.41) is 4.11. The van der Waals surface area contributed by atoms with Crippen LogP contribution in [0.15, 0.2) is 16.8 Å². The van der Waals surface area contributed by atoms with Gasteiger partial charge in [0.2, 0.25) is 5.91 Å². The first kappa shape index (κ1) is 16.9. The molecule has 6 heteroatoms. The molecule has 0 atom stereocenters. The molecule has 0 bridgehead atoms. The van der Waals surface area contributed by atoms with Gasteiger partial charge in [-0.05, 0) is 35.2 Å². The summed E-state index contributed by atoms with van der Waals surface area (Å²) in [6.07, 6.45) is 2.43. The molecule has 5 nitrogen and oxygen atoms in total. The summed E-state index contributed by atoms with van der Waals surface area (Å²) in [6, 6.07) is 2.38. The number of rotatable bonds is 6. The van der Waals surface area contributed by atoms with Crippen LogP contribution in [0.5, 0.6) is 0 Å². The minimum absolute atomic E-state index is 0.253. The second-order valence-electron chi connectivity index (χ2n) is 6.19. The van der Waals surface area contributed by atoms with Gasteiger partial charge in [-0.1, -0.05) is 0 Å². The van der Waals surface area contributed by atoms with Crippen LogP contribution in [0, 0.1) is 0 Å². The molecule has 1 aromatic heterocycles. The molecule has 0 saturated carbocycles. The van der Waals surface area contributed by atoms with E-state index in [4.69, 9.17) is 9.47 Å². The van der Waals surface area contributed by atoms with Gasteiger partial charge in [0.25, 0.3) is 0 Å². The number of amides is 1. The van der Waals surface area contributed by atoms with E-state index in [1.165, 1.54) is 0 Å². The third-order valence-electron chi connectivity index (χ3n) is 4.65. The summed E-state index contributed by atoms with van der Waals surface area (Å²) < 4.78 is 10.9. The normalized spacial score (nSPS) is 20.5. The molecule has 0 aliphatic carbocycles. The van der Waals surface area contributed by atoms with Gasteiger partial charge in [0.05, 0.1) is 19.6 Å². The Morgan fingerprint density at radius 1 is 1.22 bits per heavy atom. The molecule has 2 aliphatic heterocycles. The molecule has 2 fully saturated rings. The van der Waals surface area contributed by atoms with Crippen molar-refractivity contribution in [1.29, 1.82) is 0 Å². The number of thiophene rings is 1. The monoisotopic (exact) mass is 338 g/mol. The highest BCUT2D eigenvalue weighted by atomic mass is 32.1. The summed E-state index contributed by atoms with van der Waals surface area (Å²) >= 11 is 1.65. The van der Waals surface area contributed by atoms with E-state index in [-0.39, 0.29) is 5.91 Å². The zero-order valence-corrected chi connectivity index (χ0v) is 14.4. The second kappa shape index (κ2) is 8.78. The predicted molar refractivity (Wildman–Crippen MR) is 90.8 cm³/mol. The maximum Gasteiger partial charge on any atom is 0.227 e. The molecule has 1 amide bonds. The minimum atomic E-state index is 0.253. The molecule has 0 N–H and O–H groups in total. The number of nitrogens with zero attached hydrogens (tertiary/aromatic N) is 2. The van der Waals surface area contributed by atoms with Crippen molar-refractivity contribution in [3.8, 4) is 0 Å². The quantitative estimate of drug-likeness (QED) is 0.791. The topological polar surface area (TPSA) is 42.0 Å². The van der Waals surface area contributed by atoms with Gasteiger partial charge in [-0.2, -0.15) is 11.3 Å². The van der Waals surface area contributed by atoms with Crippen LogP contribution in [-0.4, -0.2) is 74.4 Å². The zero-order valence-electron chi connectivity index (χ0n) is 13.6. The fraction of sp³-hybridized carbons (Fsp3) is 0.706. The fourth-order valence-corrected chi connectivity index (χ4v) is 3.92. The molecule has 128 valence electrons. The van der Waals surface area contributed by atoms with Crippen LogP contribution in [0.25, 0.3) is 0 Å². The smallest absolute Gasteiger partial charge is 0.227 e. The molecule has 3 heterocycles. The second-order valence-corrected chi connectivity index (χ2v) is 6.97. The van der Waals surface area contributed by atoms with Crippen LogP contribution in [-0.2, 0) is 20.7 Å². The van der Waals surface area contributed by atoms with Gasteiger partial charge < -0.3 is 14.4 Å². The minimum Gasteiger partial charge on any atom is -0.381 e. The van der Waals surface area contributed by atoms with E-state index in [1.54, 1.807) is 11.3 Å². The number of hydrogen-bond acceptors (Lipinski definition) is 5. The standard InChI is InChI=1S/C17H26N2O3S/c20-17(13-15-3-12-23-14-15)19(16-1-8-21-9-2-16)5-4-18-6-10-22-11-7-18/h3,12,14,16H,1-2,4-11,13H2. The Kier molecular flexibility index (Phi) is 6.45. The molecule has 0 spiro atoms. The number of ether oxygens (including phenoxy) is 2. The Morgan fingerprint density at radius 3 is 2.65 bits per heavy atom. The Balaban J connectivity index is 1.58. The van der Waals surface area contributed by atoms with Crippen molar-refractivity contribution in [3.63, 3.8) is 0 Å². The van der Waals surface area contributed by atoms with E-state index in [0.29, 0.717) is 12.5 Å². The van der Waals surface area contributed by atoms with E-state index in [0.717, 1.165) is 71.0 Å². The van der Waals surface area contributed by atoms with Gasteiger partial charge in [-0.15, -0.1) is 0 Å². The van der Waals surface area contributed by atoms with Crippen molar-refractivity contribution < 1.29 is 14.3 Å². The van der Waals surface area contributed by atoms with Crippen molar-refractivity contribution in [2.75, 3.05) is 52.6 Å². The Bertz CT molecular complexity index is 468. The molecule has 1 aromatic rings. The molecule has 2 saturated heterocycles. The van der Waals surface area contributed by atoms with Crippen LogP contribution >= 0.6 is 11.3 Å². The van der Waals surface area contributed by atoms with E-state index >= 15 is 0 Å². The lowest BCUT2D eigenvalue weighted by Gasteiger charge is -2.36. The summed E-state index contributed by atoms with van der Waals surface area (Å²) in [4.78, 5) is 17.3. The molecule has 2 aliphatic rings. The van der Waals surface area contributed by atoms with Crippen LogP contribution in [0.2, 0.25) is 0 Å². The molecular formula is C17H26N2O3S. The highest BCUT2D eigenvalue weighted by Gasteiger charge is 2.26. The summed E-state index contributed by atoms with van der Waals surface area (Å²) in [6.45, 7) is 6.85. The Morgan fingerprint density at radius 2 is 1.96 bits per heavy atom. The van der Waals surface area contributed by atoms with Crippen molar-refractivity contribution in [3.05, 3.63) is 22.4 Å². The summed E-state index contributed by atoms with van der Waals surface area (Å²) in [5.41, 5.74) is 1.13. The number of morpholine rings is 1. The number of carbonyl (C=O) groups is 1. The lowest BCUT2D eigenvalue weighted by molar-refractivity contribution is -0.135. The third-order valence-corrected chi connectivity index (χ3v) is 5.38. The van der Waals surface area contributed by atoms with E-state index in [2.05, 4.69) is 15.2 Å². The van der Waals surface area contributed by atoms with Crippen LogP contribution in [0.4, 0.5) is 0 Å². The first-order valence-electron chi connectivity index (χ1n) is 8.51. The van der Waals surface area contributed by atoms with Crippen LogP contribution < -0.4 is 0 Å². The van der Waals surface area contributed by atoms with Gasteiger partial charge in [0.1, 0.15) is 0 Å². The largest absolute Gasteiger partial charge is 0.381 e.